The maximum absolute atomic E-state index is 13.2. The molecule has 0 aromatic heterocycles. The molecular formula is C54H46Br2N4O8. The van der Waals surface area contributed by atoms with Gasteiger partial charge in [0, 0.05) is 25.6 Å². The molecule has 2 atom stereocenters. The SMILES string of the molecule is CCOC(=O)c1ccc(C2=NC(c3ccccc3Br)(N3C(c4ccccc4Br)=NC(c4ccc(C(=O)OCC)cc4)(c4ccc(C(=O)OCC)cc4)C3c3ccc(C(=O)OCC)cc3)N=C2)cc1. The first-order valence-electron chi connectivity index (χ1n) is 22.1. The Morgan fingerprint density at radius 1 is 0.529 bits per heavy atom. The van der Waals surface area contributed by atoms with Crippen molar-refractivity contribution in [2.45, 2.75) is 45.1 Å². The largest absolute Gasteiger partial charge is 0.462 e. The summed E-state index contributed by atoms with van der Waals surface area (Å²) in [6.07, 6.45) is 1.72. The number of benzene rings is 6. The number of aliphatic imine (C=N–C) groups is 3. The van der Waals surface area contributed by atoms with Gasteiger partial charge < -0.3 is 18.9 Å². The number of ether oxygens (including phenoxy) is 4. The summed E-state index contributed by atoms with van der Waals surface area (Å²) in [7, 11) is 0. The Morgan fingerprint density at radius 2 is 0.956 bits per heavy atom. The maximum Gasteiger partial charge on any atom is 0.338 e. The molecule has 0 spiro atoms. The van der Waals surface area contributed by atoms with Gasteiger partial charge in [0.05, 0.1) is 66.6 Å². The number of carbonyl (C=O) groups excluding carboxylic acids is 4. The monoisotopic (exact) mass is 1040 g/mol. The molecule has 0 radical (unpaired) electrons. The third kappa shape index (κ3) is 8.93. The average Bonchev–Trinajstić information content (AvgIpc) is 3.97. The van der Waals surface area contributed by atoms with Crippen molar-refractivity contribution in [3.63, 3.8) is 0 Å². The number of carbonyl (C=O) groups is 4. The summed E-state index contributed by atoms with van der Waals surface area (Å²) in [5, 5.41) is 0. The summed E-state index contributed by atoms with van der Waals surface area (Å²) in [5.74, 6) is -2.99. The van der Waals surface area contributed by atoms with E-state index in [2.05, 4.69) is 36.8 Å². The van der Waals surface area contributed by atoms with Crippen molar-refractivity contribution >= 4 is 73.5 Å². The Hall–Kier alpha value is -7.03. The Bertz CT molecular complexity index is 2890. The summed E-state index contributed by atoms with van der Waals surface area (Å²) in [5.41, 5.74) is 4.66. The second-order valence-electron chi connectivity index (χ2n) is 15.6. The van der Waals surface area contributed by atoms with Crippen molar-refractivity contribution in [2.75, 3.05) is 26.4 Å². The van der Waals surface area contributed by atoms with Crippen molar-refractivity contribution < 1.29 is 38.1 Å². The zero-order valence-electron chi connectivity index (χ0n) is 37.7. The van der Waals surface area contributed by atoms with E-state index in [0.29, 0.717) is 71.7 Å². The van der Waals surface area contributed by atoms with Crippen LogP contribution in [0.2, 0.25) is 0 Å². The third-order valence-electron chi connectivity index (χ3n) is 11.6. The molecule has 14 heteroatoms. The molecule has 0 N–H and O–H groups in total. The van der Waals surface area contributed by atoms with Gasteiger partial charge in [0.2, 0.25) is 0 Å². The minimum atomic E-state index is -1.61. The van der Waals surface area contributed by atoms with Gasteiger partial charge in [-0.05, 0) is 105 Å². The van der Waals surface area contributed by atoms with Crippen LogP contribution in [0, 0.1) is 0 Å². The highest BCUT2D eigenvalue weighted by Gasteiger charge is 2.60. The van der Waals surface area contributed by atoms with Gasteiger partial charge in [0.25, 0.3) is 5.79 Å². The van der Waals surface area contributed by atoms with E-state index in [1.165, 1.54) is 0 Å². The van der Waals surface area contributed by atoms with Crippen LogP contribution in [0.3, 0.4) is 0 Å². The van der Waals surface area contributed by atoms with Crippen LogP contribution in [0.25, 0.3) is 0 Å². The number of amidine groups is 1. The lowest BCUT2D eigenvalue weighted by atomic mass is 9.74. The molecule has 2 aliphatic heterocycles. The van der Waals surface area contributed by atoms with Gasteiger partial charge >= 0.3 is 23.9 Å². The summed E-state index contributed by atoms with van der Waals surface area (Å²) >= 11 is 7.76. The molecule has 0 saturated heterocycles. The lowest BCUT2D eigenvalue weighted by Gasteiger charge is -2.45. The highest BCUT2D eigenvalue weighted by molar-refractivity contribution is 9.10. The molecule has 2 unspecified atom stereocenters. The van der Waals surface area contributed by atoms with E-state index in [9.17, 15) is 19.2 Å². The number of halogens is 2. The number of hydrogen-bond donors (Lipinski definition) is 0. The van der Waals surface area contributed by atoms with Crippen LogP contribution in [0.1, 0.15) is 109 Å². The van der Waals surface area contributed by atoms with E-state index in [4.69, 9.17) is 33.9 Å². The molecule has 6 aromatic rings. The topological polar surface area (TPSA) is 146 Å². The zero-order valence-corrected chi connectivity index (χ0v) is 40.8. The Balaban J connectivity index is 1.48. The molecule has 8 rings (SSSR count). The molecule has 6 aromatic carbocycles. The first-order chi connectivity index (χ1) is 33.0. The average molecular weight is 1040 g/mol. The van der Waals surface area contributed by atoms with Crippen molar-refractivity contribution in [1.29, 1.82) is 0 Å². The van der Waals surface area contributed by atoms with E-state index in [1.54, 1.807) is 82.4 Å². The number of nitrogens with zero attached hydrogens (tertiary/aromatic N) is 4. The zero-order chi connectivity index (χ0) is 48.0. The molecular weight excluding hydrogens is 992 g/mol. The predicted octanol–water partition coefficient (Wildman–Crippen LogP) is 11.0. The number of hydrogen-bond acceptors (Lipinski definition) is 12. The Labute approximate surface area is 411 Å². The Morgan fingerprint density at radius 3 is 1.41 bits per heavy atom. The standard InChI is InChI=1S/C54H46Br2N4O8/c1-5-65-49(61)36-21-17-34(18-22-36)46-33-57-54(58-46,43-14-10-12-16-45(43)56)60-47(35-19-23-37(24-20-35)50(62)66-6-2)53(59-48(60)42-13-9-11-15-44(42)55,40-29-25-38(26-30-40)51(63)67-7-3)41-31-27-39(28-32-41)52(64)68-8-4/h9-33,47H,5-8H2,1-4H3. The van der Waals surface area contributed by atoms with Crippen molar-refractivity contribution in [3.8, 4) is 0 Å². The van der Waals surface area contributed by atoms with Gasteiger partial charge in [0.15, 0.2) is 0 Å². The minimum absolute atomic E-state index is 0.200. The maximum atomic E-state index is 13.2. The second kappa shape index (κ2) is 20.5. The number of esters is 4. The Kier molecular flexibility index (Phi) is 14.3. The fourth-order valence-corrected chi connectivity index (χ4v) is 9.55. The van der Waals surface area contributed by atoms with Gasteiger partial charge in [0.1, 0.15) is 11.4 Å². The summed E-state index contributed by atoms with van der Waals surface area (Å²) in [6.45, 7) is 7.86. The molecule has 2 aliphatic rings. The van der Waals surface area contributed by atoms with E-state index < -0.39 is 41.2 Å². The van der Waals surface area contributed by atoms with E-state index in [-0.39, 0.29) is 26.4 Å². The molecule has 0 amide bonds. The summed E-state index contributed by atoms with van der Waals surface area (Å²) < 4.78 is 22.9. The van der Waals surface area contributed by atoms with Crippen LogP contribution in [0.15, 0.2) is 170 Å². The van der Waals surface area contributed by atoms with Crippen LogP contribution >= 0.6 is 31.9 Å². The van der Waals surface area contributed by atoms with Crippen LogP contribution < -0.4 is 0 Å². The van der Waals surface area contributed by atoms with E-state index in [1.807, 2.05) is 97.1 Å². The molecule has 12 nitrogen and oxygen atoms in total. The molecule has 2 heterocycles. The molecule has 0 fully saturated rings. The van der Waals surface area contributed by atoms with Crippen LogP contribution in [-0.4, -0.2) is 73.0 Å². The quantitative estimate of drug-likeness (QED) is 0.0724. The lowest BCUT2D eigenvalue weighted by molar-refractivity contribution is 0.0516. The molecule has 344 valence electrons. The molecule has 0 saturated carbocycles. The summed E-state index contributed by atoms with van der Waals surface area (Å²) in [4.78, 5) is 71.3. The van der Waals surface area contributed by atoms with Gasteiger partial charge in [-0.1, -0.05) is 117 Å². The number of rotatable bonds is 15. The fourth-order valence-electron chi connectivity index (χ4n) is 8.54. The van der Waals surface area contributed by atoms with E-state index in [0.717, 1.165) is 4.47 Å². The second-order valence-corrected chi connectivity index (χ2v) is 17.3. The van der Waals surface area contributed by atoms with Gasteiger partial charge in [-0.2, -0.15) is 0 Å². The third-order valence-corrected chi connectivity index (χ3v) is 13.0. The van der Waals surface area contributed by atoms with Crippen molar-refractivity contribution in [2.24, 2.45) is 15.0 Å². The highest BCUT2D eigenvalue weighted by atomic mass is 79.9. The van der Waals surface area contributed by atoms with Crippen molar-refractivity contribution in [3.05, 3.63) is 210 Å². The first-order valence-corrected chi connectivity index (χ1v) is 23.7. The van der Waals surface area contributed by atoms with Crippen LogP contribution in [0.4, 0.5) is 0 Å². The lowest BCUT2D eigenvalue weighted by Crippen LogP contribution is -2.50. The smallest absolute Gasteiger partial charge is 0.338 e. The summed E-state index contributed by atoms with van der Waals surface area (Å²) in [6, 6.07) is 43.1. The van der Waals surface area contributed by atoms with Crippen LogP contribution in [-0.2, 0) is 30.3 Å². The predicted molar refractivity (Wildman–Crippen MR) is 266 cm³/mol. The molecule has 0 aliphatic carbocycles. The fraction of sp³-hybridized carbons (Fsp3) is 0.204. The normalized spacial score (nSPS) is 17.0. The van der Waals surface area contributed by atoms with Gasteiger partial charge in [-0.25, -0.2) is 34.2 Å². The molecule has 0 bridgehead atoms. The minimum Gasteiger partial charge on any atom is -0.462 e. The van der Waals surface area contributed by atoms with Gasteiger partial charge in [-0.3, -0.25) is 4.90 Å². The first kappa shape index (κ1) is 47.5. The van der Waals surface area contributed by atoms with Crippen LogP contribution in [0.5, 0.6) is 0 Å². The van der Waals surface area contributed by atoms with Gasteiger partial charge in [-0.15, -0.1) is 0 Å². The molecule has 68 heavy (non-hydrogen) atoms. The van der Waals surface area contributed by atoms with Crippen molar-refractivity contribution in [1.82, 2.24) is 4.90 Å². The highest BCUT2D eigenvalue weighted by Crippen LogP contribution is 2.58. The van der Waals surface area contributed by atoms with E-state index >= 15 is 0 Å².